The van der Waals surface area contributed by atoms with Gasteiger partial charge in [-0.3, -0.25) is 29.4 Å². The highest BCUT2D eigenvalue weighted by Gasteiger charge is 2.45. The third kappa shape index (κ3) is 2.82. The van der Waals surface area contributed by atoms with E-state index in [1.165, 1.54) is 0 Å². The van der Waals surface area contributed by atoms with E-state index in [9.17, 15) is 19.2 Å². The first-order chi connectivity index (χ1) is 11.5. The fraction of sp³-hybridized carbons (Fsp3) is 0.375. The van der Waals surface area contributed by atoms with Gasteiger partial charge in [-0.2, -0.15) is 0 Å². The van der Waals surface area contributed by atoms with E-state index in [-0.39, 0.29) is 24.0 Å². The summed E-state index contributed by atoms with van der Waals surface area (Å²) in [6, 6.07) is 3.84. The van der Waals surface area contributed by atoms with Crippen molar-refractivity contribution in [1.82, 2.24) is 10.2 Å². The number of benzene rings is 1. The molecule has 4 amide bonds. The molecule has 0 aromatic heterocycles. The van der Waals surface area contributed by atoms with Gasteiger partial charge in [-0.1, -0.05) is 22.0 Å². The van der Waals surface area contributed by atoms with Crippen LogP contribution < -0.4 is 10.1 Å². The molecule has 7 nitrogen and oxygen atoms in total. The van der Waals surface area contributed by atoms with Crippen LogP contribution in [0.5, 0.6) is 5.75 Å². The molecule has 0 bridgehead atoms. The quantitative estimate of drug-likeness (QED) is 0.460. The number of halogens is 1. The molecule has 1 atom stereocenters. The minimum atomic E-state index is -0.967. The largest absolute Gasteiger partial charge is 0.493 e. The van der Waals surface area contributed by atoms with Crippen LogP contribution in [0, 0.1) is 0 Å². The summed E-state index contributed by atoms with van der Waals surface area (Å²) in [4.78, 5) is 49.6. The SMILES string of the molecule is O=C1CCC(N2C(=O)c3cccc(OCCCBr)c3C2=O)C(=O)N1. The predicted molar refractivity (Wildman–Crippen MR) is 87.0 cm³/mol. The maximum Gasteiger partial charge on any atom is 0.266 e. The zero-order valence-electron chi connectivity index (χ0n) is 12.7. The number of alkyl halides is 1. The Morgan fingerprint density at radius 2 is 2.00 bits per heavy atom. The number of amides is 4. The maximum absolute atomic E-state index is 12.7. The second-order valence-electron chi connectivity index (χ2n) is 5.52. The van der Waals surface area contributed by atoms with Crippen LogP contribution >= 0.6 is 15.9 Å². The maximum atomic E-state index is 12.7. The van der Waals surface area contributed by atoms with Crippen LogP contribution in [0.2, 0.25) is 0 Å². The molecule has 1 fully saturated rings. The Morgan fingerprint density at radius 1 is 1.21 bits per heavy atom. The van der Waals surface area contributed by atoms with Crippen molar-refractivity contribution >= 4 is 39.6 Å². The summed E-state index contributed by atoms with van der Waals surface area (Å²) in [6.07, 6.45) is 0.983. The van der Waals surface area contributed by atoms with Crippen LogP contribution in [0.15, 0.2) is 18.2 Å². The van der Waals surface area contributed by atoms with Gasteiger partial charge < -0.3 is 4.74 Å². The minimum absolute atomic E-state index is 0.0957. The van der Waals surface area contributed by atoms with E-state index < -0.39 is 29.7 Å². The summed E-state index contributed by atoms with van der Waals surface area (Å²) in [5, 5.41) is 2.93. The average Bonchev–Trinajstić information content (AvgIpc) is 2.81. The molecule has 0 saturated carbocycles. The highest BCUT2D eigenvalue weighted by atomic mass is 79.9. The molecule has 1 aromatic carbocycles. The van der Waals surface area contributed by atoms with Crippen molar-refractivity contribution in [2.75, 3.05) is 11.9 Å². The van der Waals surface area contributed by atoms with Crippen molar-refractivity contribution in [1.29, 1.82) is 0 Å². The van der Waals surface area contributed by atoms with E-state index in [0.717, 1.165) is 16.7 Å². The summed E-state index contributed by atoms with van der Waals surface area (Å²) < 4.78 is 5.60. The minimum Gasteiger partial charge on any atom is -0.493 e. The van der Waals surface area contributed by atoms with E-state index in [1.807, 2.05) is 0 Å². The van der Waals surface area contributed by atoms with Crippen LogP contribution in [0.1, 0.15) is 40.0 Å². The molecular formula is C16H15BrN2O5. The number of carbonyl (C=O) groups is 4. The molecule has 1 aromatic rings. The number of fused-ring (bicyclic) bond motifs is 1. The molecule has 0 radical (unpaired) electrons. The first kappa shape index (κ1) is 16.6. The molecule has 1 unspecified atom stereocenters. The Kier molecular flexibility index (Phi) is 4.66. The van der Waals surface area contributed by atoms with Crippen LogP contribution in [0.25, 0.3) is 0 Å². The van der Waals surface area contributed by atoms with E-state index in [1.54, 1.807) is 18.2 Å². The number of imide groups is 2. The molecule has 126 valence electrons. The molecule has 0 spiro atoms. The van der Waals surface area contributed by atoms with Crippen LogP contribution in [-0.4, -0.2) is 46.5 Å². The molecule has 1 saturated heterocycles. The van der Waals surface area contributed by atoms with Gasteiger partial charge >= 0.3 is 0 Å². The van der Waals surface area contributed by atoms with Crippen molar-refractivity contribution in [3.63, 3.8) is 0 Å². The Morgan fingerprint density at radius 3 is 2.71 bits per heavy atom. The van der Waals surface area contributed by atoms with Gasteiger partial charge in [0.15, 0.2) is 0 Å². The van der Waals surface area contributed by atoms with Crippen molar-refractivity contribution in [3.05, 3.63) is 29.3 Å². The summed E-state index contributed by atoms with van der Waals surface area (Å²) in [5.41, 5.74) is 0.405. The van der Waals surface area contributed by atoms with Crippen LogP contribution in [0.4, 0.5) is 0 Å². The van der Waals surface area contributed by atoms with Crippen molar-refractivity contribution < 1.29 is 23.9 Å². The summed E-state index contributed by atoms with van der Waals surface area (Å²) in [6.45, 7) is 0.404. The zero-order chi connectivity index (χ0) is 17.3. The first-order valence-corrected chi connectivity index (χ1v) is 8.70. The lowest BCUT2D eigenvalue weighted by Crippen LogP contribution is -2.54. The third-order valence-corrected chi connectivity index (χ3v) is 4.53. The number of piperidine rings is 1. The van der Waals surface area contributed by atoms with Gasteiger partial charge in [-0.25, -0.2) is 0 Å². The Hall–Kier alpha value is -2.22. The molecular weight excluding hydrogens is 380 g/mol. The monoisotopic (exact) mass is 394 g/mol. The van der Waals surface area contributed by atoms with Gasteiger partial charge in [0, 0.05) is 11.8 Å². The topological polar surface area (TPSA) is 92.8 Å². The fourth-order valence-electron chi connectivity index (χ4n) is 2.84. The van der Waals surface area contributed by atoms with E-state index in [2.05, 4.69) is 21.2 Å². The van der Waals surface area contributed by atoms with Crippen LogP contribution in [0.3, 0.4) is 0 Å². The highest BCUT2D eigenvalue weighted by Crippen LogP contribution is 2.33. The molecule has 2 aliphatic rings. The van der Waals surface area contributed by atoms with Gasteiger partial charge in [0.05, 0.1) is 17.7 Å². The van der Waals surface area contributed by atoms with Crippen molar-refractivity contribution in [2.24, 2.45) is 0 Å². The fourth-order valence-corrected chi connectivity index (χ4v) is 3.07. The summed E-state index contributed by atoms with van der Waals surface area (Å²) in [7, 11) is 0. The normalized spacial score (nSPS) is 20.2. The lowest BCUT2D eigenvalue weighted by molar-refractivity contribution is -0.136. The molecule has 1 N–H and O–H groups in total. The van der Waals surface area contributed by atoms with E-state index >= 15 is 0 Å². The molecule has 8 heteroatoms. The summed E-state index contributed by atoms with van der Waals surface area (Å²) >= 11 is 3.30. The van der Waals surface area contributed by atoms with E-state index in [4.69, 9.17) is 4.74 Å². The number of nitrogens with one attached hydrogen (secondary N) is 1. The predicted octanol–water partition coefficient (Wildman–Crippen LogP) is 1.25. The number of hydrogen-bond acceptors (Lipinski definition) is 5. The standard InChI is InChI=1S/C16H15BrN2O5/c17-7-2-8-24-11-4-1-3-9-13(11)16(23)19(15(9)22)10-5-6-12(20)18-14(10)21/h1,3-4,10H,2,5-8H2,(H,18,20,21). The lowest BCUT2D eigenvalue weighted by atomic mass is 10.0. The summed E-state index contributed by atoms with van der Waals surface area (Å²) in [5.74, 6) is -1.77. The Labute approximate surface area is 146 Å². The van der Waals surface area contributed by atoms with Gasteiger partial charge in [-0.15, -0.1) is 0 Å². The number of rotatable bonds is 5. The molecule has 2 heterocycles. The third-order valence-electron chi connectivity index (χ3n) is 3.97. The average molecular weight is 395 g/mol. The van der Waals surface area contributed by atoms with Gasteiger partial charge in [0.25, 0.3) is 11.8 Å². The van der Waals surface area contributed by atoms with Gasteiger partial charge in [0.2, 0.25) is 11.8 Å². The zero-order valence-corrected chi connectivity index (χ0v) is 14.3. The van der Waals surface area contributed by atoms with Crippen molar-refractivity contribution in [3.8, 4) is 5.75 Å². The first-order valence-electron chi connectivity index (χ1n) is 7.58. The van der Waals surface area contributed by atoms with Crippen molar-refractivity contribution in [2.45, 2.75) is 25.3 Å². The molecule has 3 rings (SSSR count). The van der Waals surface area contributed by atoms with Gasteiger partial charge in [0.1, 0.15) is 11.8 Å². The number of ether oxygens (including phenoxy) is 1. The van der Waals surface area contributed by atoms with Crippen LogP contribution in [-0.2, 0) is 9.59 Å². The number of hydrogen-bond donors (Lipinski definition) is 1. The molecule has 24 heavy (non-hydrogen) atoms. The smallest absolute Gasteiger partial charge is 0.266 e. The second kappa shape index (κ2) is 6.72. The Balaban J connectivity index is 1.89. The number of nitrogens with zero attached hydrogens (tertiary/aromatic N) is 1. The van der Waals surface area contributed by atoms with Gasteiger partial charge in [-0.05, 0) is 25.0 Å². The lowest BCUT2D eigenvalue weighted by Gasteiger charge is -2.27. The second-order valence-corrected chi connectivity index (χ2v) is 6.31. The molecule has 0 aliphatic carbocycles. The number of carbonyl (C=O) groups excluding carboxylic acids is 4. The highest BCUT2D eigenvalue weighted by molar-refractivity contribution is 9.09. The molecule has 2 aliphatic heterocycles. The van der Waals surface area contributed by atoms with E-state index in [0.29, 0.717) is 12.4 Å². The Bertz CT molecular complexity index is 733.